The fourth-order valence-electron chi connectivity index (χ4n) is 2.43. The van der Waals surface area contributed by atoms with E-state index in [0.29, 0.717) is 19.0 Å². The van der Waals surface area contributed by atoms with Gasteiger partial charge in [0.1, 0.15) is 11.8 Å². The third-order valence-electron chi connectivity index (χ3n) is 3.65. The highest BCUT2D eigenvalue weighted by Crippen LogP contribution is 2.31. The van der Waals surface area contributed by atoms with Crippen molar-refractivity contribution in [3.05, 3.63) is 42.0 Å². The normalized spacial score (nSPS) is 18.2. The zero-order chi connectivity index (χ0) is 17.9. The molecule has 1 aromatic heterocycles. The van der Waals surface area contributed by atoms with Gasteiger partial charge in [-0.1, -0.05) is 11.2 Å². The fraction of sp³-hybridized carbons (Fsp3) is 0.400. The van der Waals surface area contributed by atoms with Crippen molar-refractivity contribution in [2.45, 2.75) is 12.2 Å². The Morgan fingerprint density at radius 1 is 1.40 bits per heavy atom. The lowest BCUT2D eigenvalue weighted by Crippen LogP contribution is -2.45. The van der Waals surface area contributed by atoms with Crippen LogP contribution in [0, 0.1) is 0 Å². The van der Waals surface area contributed by atoms with Gasteiger partial charge >= 0.3 is 6.18 Å². The molecule has 1 saturated heterocycles. The van der Waals surface area contributed by atoms with Crippen molar-refractivity contribution in [1.82, 2.24) is 15.0 Å². The quantitative estimate of drug-likeness (QED) is 0.834. The number of ether oxygens (including phenoxy) is 2. The second kappa shape index (κ2) is 7.09. The van der Waals surface area contributed by atoms with E-state index in [0.717, 1.165) is 18.5 Å². The van der Waals surface area contributed by atoms with Gasteiger partial charge in [-0.05, 0) is 18.2 Å². The molecule has 25 heavy (non-hydrogen) atoms. The lowest BCUT2D eigenvalue weighted by atomic mass is 10.2. The minimum Gasteiger partial charge on any atom is -0.484 e. The van der Waals surface area contributed by atoms with Gasteiger partial charge in [0.05, 0.1) is 18.8 Å². The van der Waals surface area contributed by atoms with E-state index in [4.69, 9.17) is 9.47 Å². The number of carbonyl (C=O) groups excluding carboxylic acids is 1. The number of hydrogen-bond donors (Lipinski definition) is 0. The topological polar surface area (TPSA) is 77.7 Å². The predicted octanol–water partition coefficient (Wildman–Crippen LogP) is 2.07. The standard InChI is InChI=1S/C15H14F3N3O4/c16-15(17,18)10-2-1-3-11(6-10)24-8-13(22)21-4-5-23-7-12(21)14-19-9-25-20-14/h1-3,6,9,12H,4-5,7-8H2. The van der Waals surface area contributed by atoms with E-state index >= 15 is 0 Å². The van der Waals surface area contributed by atoms with Crippen LogP contribution in [0.15, 0.2) is 35.2 Å². The van der Waals surface area contributed by atoms with Gasteiger partial charge in [-0.15, -0.1) is 0 Å². The van der Waals surface area contributed by atoms with E-state index in [1.54, 1.807) is 0 Å². The molecule has 0 saturated carbocycles. The van der Waals surface area contributed by atoms with Crippen molar-refractivity contribution in [1.29, 1.82) is 0 Å². The Labute approximate surface area is 140 Å². The molecule has 1 amide bonds. The SMILES string of the molecule is O=C(COc1cccc(C(F)(F)F)c1)N1CCOCC1c1ncon1. The van der Waals surface area contributed by atoms with Crippen LogP contribution in [-0.2, 0) is 15.7 Å². The van der Waals surface area contributed by atoms with Crippen molar-refractivity contribution in [2.24, 2.45) is 0 Å². The van der Waals surface area contributed by atoms with Gasteiger partial charge in [0.15, 0.2) is 12.4 Å². The van der Waals surface area contributed by atoms with Gasteiger partial charge in [-0.2, -0.15) is 18.2 Å². The minimum atomic E-state index is -4.47. The largest absolute Gasteiger partial charge is 0.484 e. The lowest BCUT2D eigenvalue weighted by molar-refractivity contribution is -0.142. The van der Waals surface area contributed by atoms with Crippen molar-refractivity contribution < 1.29 is 32.0 Å². The number of halogens is 3. The van der Waals surface area contributed by atoms with Crippen molar-refractivity contribution in [3.8, 4) is 5.75 Å². The molecule has 134 valence electrons. The summed E-state index contributed by atoms with van der Waals surface area (Å²) in [4.78, 5) is 17.8. The molecule has 0 N–H and O–H groups in total. The number of alkyl halides is 3. The Balaban J connectivity index is 1.65. The van der Waals surface area contributed by atoms with Crippen LogP contribution in [-0.4, -0.2) is 47.3 Å². The molecule has 1 fully saturated rings. The number of amides is 1. The fourth-order valence-corrected chi connectivity index (χ4v) is 2.43. The Kier molecular flexibility index (Phi) is 4.88. The zero-order valence-corrected chi connectivity index (χ0v) is 12.9. The van der Waals surface area contributed by atoms with Gasteiger partial charge in [0, 0.05) is 6.54 Å². The smallest absolute Gasteiger partial charge is 0.416 e. The summed E-state index contributed by atoms with van der Waals surface area (Å²) in [6, 6.07) is 3.84. The van der Waals surface area contributed by atoms with Crippen molar-refractivity contribution >= 4 is 5.91 Å². The first-order valence-electron chi connectivity index (χ1n) is 7.38. The molecule has 0 bridgehead atoms. The van der Waals surface area contributed by atoms with Gasteiger partial charge in [-0.25, -0.2) is 0 Å². The van der Waals surface area contributed by atoms with Gasteiger partial charge in [0.25, 0.3) is 5.91 Å². The molecular weight excluding hydrogens is 343 g/mol. The molecule has 2 heterocycles. The van der Waals surface area contributed by atoms with E-state index in [2.05, 4.69) is 14.7 Å². The van der Waals surface area contributed by atoms with E-state index in [1.807, 2.05) is 0 Å². The summed E-state index contributed by atoms with van der Waals surface area (Å²) < 4.78 is 53.3. The molecule has 0 radical (unpaired) electrons. The maximum atomic E-state index is 12.7. The highest BCUT2D eigenvalue weighted by atomic mass is 19.4. The maximum absolute atomic E-state index is 12.7. The molecule has 1 unspecified atom stereocenters. The first-order chi connectivity index (χ1) is 11.9. The Bertz CT molecular complexity index is 721. The summed E-state index contributed by atoms with van der Waals surface area (Å²) >= 11 is 0. The van der Waals surface area contributed by atoms with Crippen LogP contribution in [0.4, 0.5) is 13.2 Å². The second-order valence-corrected chi connectivity index (χ2v) is 5.28. The van der Waals surface area contributed by atoms with E-state index < -0.39 is 30.3 Å². The molecule has 1 aliphatic heterocycles. The van der Waals surface area contributed by atoms with Crippen molar-refractivity contribution in [3.63, 3.8) is 0 Å². The molecule has 1 aliphatic rings. The van der Waals surface area contributed by atoms with Crippen LogP contribution in [0.5, 0.6) is 5.75 Å². The minimum absolute atomic E-state index is 0.0347. The van der Waals surface area contributed by atoms with Crippen LogP contribution in [0.25, 0.3) is 0 Å². The monoisotopic (exact) mass is 357 g/mol. The summed E-state index contributed by atoms with van der Waals surface area (Å²) in [5.41, 5.74) is -0.839. The predicted molar refractivity (Wildman–Crippen MR) is 76.5 cm³/mol. The molecule has 10 heteroatoms. The van der Waals surface area contributed by atoms with E-state index in [1.165, 1.54) is 17.0 Å². The molecule has 1 atom stereocenters. The maximum Gasteiger partial charge on any atom is 0.416 e. The van der Waals surface area contributed by atoms with Crippen LogP contribution in [0.1, 0.15) is 17.4 Å². The van der Waals surface area contributed by atoms with E-state index in [-0.39, 0.29) is 12.4 Å². The molecule has 0 aliphatic carbocycles. The Morgan fingerprint density at radius 2 is 2.24 bits per heavy atom. The third kappa shape index (κ3) is 4.08. The highest BCUT2D eigenvalue weighted by molar-refractivity contribution is 5.78. The first kappa shape index (κ1) is 17.2. The average Bonchev–Trinajstić information content (AvgIpc) is 3.14. The van der Waals surface area contributed by atoms with Gasteiger partial charge < -0.3 is 18.9 Å². The molecule has 0 spiro atoms. The molecule has 1 aromatic carbocycles. The number of hydrogen-bond acceptors (Lipinski definition) is 6. The number of benzene rings is 1. The molecule has 3 rings (SSSR count). The van der Waals surface area contributed by atoms with Gasteiger partial charge in [0.2, 0.25) is 6.39 Å². The summed E-state index contributed by atoms with van der Waals surface area (Å²) in [5, 5.41) is 3.70. The van der Waals surface area contributed by atoms with E-state index in [9.17, 15) is 18.0 Å². The average molecular weight is 357 g/mol. The number of morpholine rings is 1. The Morgan fingerprint density at radius 3 is 2.96 bits per heavy atom. The summed E-state index contributed by atoms with van der Waals surface area (Å²) in [5.74, 6) is -0.143. The number of carbonyl (C=O) groups is 1. The summed E-state index contributed by atoms with van der Waals surface area (Å²) in [6.45, 7) is 0.429. The van der Waals surface area contributed by atoms with Gasteiger partial charge in [-0.3, -0.25) is 4.79 Å². The Hall–Kier alpha value is -2.62. The number of rotatable bonds is 4. The van der Waals surface area contributed by atoms with Crippen molar-refractivity contribution in [2.75, 3.05) is 26.4 Å². The molecular formula is C15H14F3N3O4. The summed E-state index contributed by atoms with van der Waals surface area (Å²) in [7, 11) is 0. The van der Waals surface area contributed by atoms with Crippen LogP contribution in [0.3, 0.4) is 0 Å². The van der Waals surface area contributed by atoms with Crippen LogP contribution < -0.4 is 4.74 Å². The summed E-state index contributed by atoms with van der Waals surface area (Å²) in [6.07, 6.45) is -3.33. The number of nitrogens with zero attached hydrogens (tertiary/aromatic N) is 3. The molecule has 2 aromatic rings. The molecule has 7 nitrogen and oxygen atoms in total. The lowest BCUT2D eigenvalue weighted by Gasteiger charge is -2.33. The van der Waals surface area contributed by atoms with Crippen LogP contribution in [0.2, 0.25) is 0 Å². The first-order valence-corrected chi connectivity index (χ1v) is 7.38. The number of aromatic nitrogens is 2. The zero-order valence-electron chi connectivity index (χ0n) is 12.9. The third-order valence-corrected chi connectivity index (χ3v) is 3.65. The highest BCUT2D eigenvalue weighted by Gasteiger charge is 2.32. The van der Waals surface area contributed by atoms with Crippen LogP contribution >= 0.6 is 0 Å². The second-order valence-electron chi connectivity index (χ2n) is 5.28.